The Bertz CT molecular complexity index is 624. The molecule has 0 saturated heterocycles. The molecule has 0 spiro atoms. The number of carbonyl (C=O) groups is 1. The van der Waals surface area contributed by atoms with Crippen LogP contribution in [0.15, 0.2) is 18.5 Å². The van der Waals surface area contributed by atoms with Crippen LogP contribution < -0.4 is 0 Å². The van der Waals surface area contributed by atoms with Crippen LogP contribution in [0.25, 0.3) is 0 Å². The second-order valence-corrected chi connectivity index (χ2v) is 4.80. The van der Waals surface area contributed by atoms with E-state index in [0.717, 1.165) is 36.4 Å². The molecule has 0 radical (unpaired) electrons. The Kier molecular flexibility index (Phi) is 4.12. The van der Waals surface area contributed by atoms with Gasteiger partial charge in [-0.2, -0.15) is 13.2 Å². The Morgan fingerprint density at radius 3 is 2.80 bits per heavy atom. The fourth-order valence-corrected chi connectivity index (χ4v) is 2.39. The fraction of sp³-hybridized carbons (Fsp3) is 0.333. The Morgan fingerprint density at radius 2 is 2.15 bits per heavy atom. The SMILES string of the molecule is CCCc1nnsc1C(=O)c1cnccc1C(F)(F)F. The zero-order valence-corrected chi connectivity index (χ0v) is 11.3. The van der Waals surface area contributed by atoms with Gasteiger partial charge in [0.25, 0.3) is 0 Å². The van der Waals surface area contributed by atoms with Crippen LogP contribution >= 0.6 is 11.5 Å². The van der Waals surface area contributed by atoms with E-state index in [1.54, 1.807) is 0 Å². The van der Waals surface area contributed by atoms with E-state index in [9.17, 15) is 18.0 Å². The van der Waals surface area contributed by atoms with Gasteiger partial charge in [0.15, 0.2) is 0 Å². The van der Waals surface area contributed by atoms with Gasteiger partial charge >= 0.3 is 6.18 Å². The Hall–Kier alpha value is -1.83. The van der Waals surface area contributed by atoms with Crippen LogP contribution in [0.2, 0.25) is 0 Å². The second kappa shape index (κ2) is 5.66. The molecule has 2 aromatic rings. The third-order valence-corrected chi connectivity index (χ3v) is 3.39. The number of halogens is 3. The highest BCUT2D eigenvalue weighted by molar-refractivity contribution is 7.08. The molecule has 2 aromatic heterocycles. The van der Waals surface area contributed by atoms with Gasteiger partial charge in [-0.15, -0.1) is 5.10 Å². The molecule has 0 amide bonds. The zero-order valence-electron chi connectivity index (χ0n) is 10.4. The average Bonchev–Trinajstić information content (AvgIpc) is 2.85. The topological polar surface area (TPSA) is 55.7 Å². The molecule has 0 bridgehead atoms. The van der Waals surface area contributed by atoms with E-state index in [-0.39, 0.29) is 4.88 Å². The minimum atomic E-state index is -4.60. The van der Waals surface area contributed by atoms with Crippen molar-refractivity contribution in [2.75, 3.05) is 0 Å². The van der Waals surface area contributed by atoms with Crippen LogP contribution in [0.5, 0.6) is 0 Å². The molecule has 2 heterocycles. The van der Waals surface area contributed by atoms with Gasteiger partial charge in [-0.3, -0.25) is 9.78 Å². The zero-order chi connectivity index (χ0) is 14.8. The highest BCUT2D eigenvalue weighted by Gasteiger charge is 2.36. The molecule has 2 rings (SSSR count). The van der Waals surface area contributed by atoms with Crippen molar-refractivity contribution in [1.82, 2.24) is 14.6 Å². The molecule has 0 N–H and O–H groups in total. The first-order valence-corrected chi connectivity index (χ1v) is 6.59. The van der Waals surface area contributed by atoms with Gasteiger partial charge in [-0.05, 0) is 24.0 Å². The summed E-state index contributed by atoms with van der Waals surface area (Å²) in [4.78, 5) is 16.0. The first-order valence-electron chi connectivity index (χ1n) is 5.82. The van der Waals surface area contributed by atoms with Crippen molar-refractivity contribution in [2.45, 2.75) is 25.9 Å². The van der Waals surface area contributed by atoms with Gasteiger partial charge in [0.1, 0.15) is 4.88 Å². The fourth-order valence-electron chi connectivity index (χ4n) is 1.73. The maximum absolute atomic E-state index is 12.9. The van der Waals surface area contributed by atoms with E-state index in [0.29, 0.717) is 12.1 Å². The molecule has 106 valence electrons. The number of ketones is 1. The number of nitrogens with zero attached hydrogens (tertiary/aromatic N) is 3. The third kappa shape index (κ3) is 2.84. The molecule has 0 fully saturated rings. The first kappa shape index (κ1) is 14.6. The molecule has 0 saturated carbocycles. The largest absolute Gasteiger partial charge is 0.417 e. The predicted molar refractivity (Wildman–Crippen MR) is 66.6 cm³/mol. The maximum atomic E-state index is 12.9. The van der Waals surface area contributed by atoms with E-state index in [1.807, 2.05) is 6.92 Å². The molecular formula is C12H10F3N3OS. The lowest BCUT2D eigenvalue weighted by Crippen LogP contribution is -2.14. The van der Waals surface area contributed by atoms with Crippen molar-refractivity contribution in [2.24, 2.45) is 0 Å². The van der Waals surface area contributed by atoms with Crippen LogP contribution in [-0.4, -0.2) is 20.4 Å². The number of pyridine rings is 1. The molecule has 0 atom stereocenters. The van der Waals surface area contributed by atoms with Crippen molar-refractivity contribution in [3.05, 3.63) is 40.2 Å². The van der Waals surface area contributed by atoms with Crippen molar-refractivity contribution in [1.29, 1.82) is 0 Å². The van der Waals surface area contributed by atoms with Crippen LogP contribution in [0, 0.1) is 0 Å². The van der Waals surface area contributed by atoms with Gasteiger partial charge < -0.3 is 0 Å². The van der Waals surface area contributed by atoms with Gasteiger partial charge in [0.2, 0.25) is 5.78 Å². The molecule has 4 nitrogen and oxygen atoms in total. The lowest BCUT2D eigenvalue weighted by molar-refractivity contribution is -0.137. The number of hydrogen-bond donors (Lipinski definition) is 0. The molecule has 0 unspecified atom stereocenters. The highest BCUT2D eigenvalue weighted by atomic mass is 32.1. The van der Waals surface area contributed by atoms with Crippen molar-refractivity contribution < 1.29 is 18.0 Å². The van der Waals surface area contributed by atoms with E-state index >= 15 is 0 Å². The quantitative estimate of drug-likeness (QED) is 0.814. The van der Waals surface area contributed by atoms with Gasteiger partial charge in [0, 0.05) is 12.4 Å². The summed E-state index contributed by atoms with van der Waals surface area (Å²) in [6, 6.07) is 0.793. The number of rotatable bonds is 4. The summed E-state index contributed by atoms with van der Waals surface area (Å²) >= 11 is 0.806. The Morgan fingerprint density at radius 1 is 1.40 bits per heavy atom. The summed E-state index contributed by atoms with van der Waals surface area (Å²) in [5, 5.41) is 3.79. The van der Waals surface area contributed by atoms with E-state index in [4.69, 9.17) is 0 Å². The second-order valence-electron chi connectivity index (χ2n) is 4.05. The van der Waals surface area contributed by atoms with Crippen LogP contribution in [0.3, 0.4) is 0 Å². The van der Waals surface area contributed by atoms with Crippen LogP contribution in [0.4, 0.5) is 13.2 Å². The molecule has 0 aliphatic heterocycles. The van der Waals surface area contributed by atoms with E-state index in [1.165, 1.54) is 0 Å². The molecule has 20 heavy (non-hydrogen) atoms. The summed E-state index contributed by atoms with van der Waals surface area (Å²) < 4.78 is 42.3. The predicted octanol–water partition coefficient (Wildman–Crippen LogP) is 3.14. The summed E-state index contributed by atoms with van der Waals surface area (Å²) in [6.07, 6.45) is -1.43. The molecule has 0 aliphatic carbocycles. The maximum Gasteiger partial charge on any atom is 0.417 e. The van der Waals surface area contributed by atoms with Gasteiger partial charge in [-0.25, -0.2) is 0 Å². The molecule has 0 aromatic carbocycles. The van der Waals surface area contributed by atoms with Crippen LogP contribution in [0.1, 0.15) is 39.8 Å². The molecule has 8 heteroatoms. The van der Waals surface area contributed by atoms with Crippen LogP contribution in [-0.2, 0) is 12.6 Å². The standard InChI is InChI=1S/C12H10F3N3OS/c1-2-3-9-11(20-18-17-9)10(19)7-6-16-5-4-8(7)12(13,14)15/h4-6H,2-3H2,1H3. The first-order chi connectivity index (χ1) is 9.45. The van der Waals surface area contributed by atoms with Crippen molar-refractivity contribution in [3.63, 3.8) is 0 Å². The summed E-state index contributed by atoms with van der Waals surface area (Å²) in [6.45, 7) is 1.89. The third-order valence-electron chi connectivity index (χ3n) is 2.62. The van der Waals surface area contributed by atoms with E-state index in [2.05, 4.69) is 14.6 Å². The summed E-state index contributed by atoms with van der Waals surface area (Å²) in [5.74, 6) is -0.733. The summed E-state index contributed by atoms with van der Waals surface area (Å²) in [5.41, 5.74) is -1.03. The van der Waals surface area contributed by atoms with E-state index < -0.39 is 23.1 Å². The number of aromatic nitrogens is 3. The molecular weight excluding hydrogens is 291 g/mol. The number of carbonyl (C=O) groups excluding carboxylic acids is 1. The number of hydrogen-bond acceptors (Lipinski definition) is 5. The highest BCUT2D eigenvalue weighted by Crippen LogP contribution is 2.33. The Balaban J connectivity index is 2.46. The smallest absolute Gasteiger partial charge is 0.287 e. The van der Waals surface area contributed by atoms with Gasteiger partial charge in [-0.1, -0.05) is 17.8 Å². The number of alkyl halides is 3. The summed E-state index contributed by atoms with van der Waals surface area (Å²) in [7, 11) is 0. The van der Waals surface area contributed by atoms with Gasteiger partial charge in [0.05, 0.1) is 16.8 Å². The minimum Gasteiger partial charge on any atom is -0.287 e. The number of aryl methyl sites for hydroxylation is 1. The van der Waals surface area contributed by atoms with Crippen molar-refractivity contribution in [3.8, 4) is 0 Å². The van der Waals surface area contributed by atoms with Crippen molar-refractivity contribution >= 4 is 17.3 Å². The normalized spacial score (nSPS) is 11.6. The lowest BCUT2D eigenvalue weighted by atomic mass is 10.0. The Labute approximate surface area is 116 Å². The monoisotopic (exact) mass is 301 g/mol. The molecule has 0 aliphatic rings. The minimum absolute atomic E-state index is 0.144. The average molecular weight is 301 g/mol. The lowest BCUT2D eigenvalue weighted by Gasteiger charge is -2.10.